The van der Waals surface area contributed by atoms with Crippen LogP contribution in [0.15, 0.2) is 24.3 Å². The van der Waals surface area contributed by atoms with Crippen molar-refractivity contribution >= 4 is 23.8 Å². The highest BCUT2D eigenvalue weighted by Crippen LogP contribution is 2.30. The molecule has 1 fully saturated rings. The number of urea groups is 1. The molecule has 1 aliphatic rings. The van der Waals surface area contributed by atoms with Crippen molar-refractivity contribution in [1.29, 1.82) is 0 Å². The molecule has 2 rings (SSSR count). The van der Waals surface area contributed by atoms with E-state index in [1.807, 2.05) is 0 Å². The summed E-state index contributed by atoms with van der Waals surface area (Å²) in [4.78, 5) is 51.6. The minimum Gasteiger partial charge on any atom is -0.435 e. The van der Waals surface area contributed by atoms with E-state index in [1.165, 1.54) is 38.2 Å². The number of ether oxygens (including phenoxy) is 1. The summed E-state index contributed by atoms with van der Waals surface area (Å²) in [6.45, 7) is 3.07. The Balaban J connectivity index is 2.07. The molecule has 31 heavy (non-hydrogen) atoms. The van der Waals surface area contributed by atoms with E-state index in [2.05, 4.69) is 15.4 Å². The number of nitrogens with one attached hydrogen (secondary N) is 2. The number of carbonyl (C=O) groups excluding carboxylic acids is 4. The van der Waals surface area contributed by atoms with Crippen molar-refractivity contribution in [1.82, 2.24) is 20.4 Å². The molecule has 1 unspecified atom stereocenters. The van der Waals surface area contributed by atoms with Gasteiger partial charge in [-0.25, -0.2) is 4.79 Å². The van der Waals surface area contributed by atoms with Crippen LogP contribution in [0, 0.1) is 0 Å². The largest absolute Gasteiger partial charge is 0.435 e. The second kappa shape index (κ2) is 8.86. The summed E-state index contributed by atoms with van der Waals surface area (Å²) in [5.74, 6) is -1.75. The third-order valence-electron chi connectivity index (χ3n) is 4.55. The molecule has 2 N–H and O–H groups in total. The number of nitrogens with zero attached hydrogens (tertiary/aromatic N) is 2. The van der Waals surface area contributed by atoms with Crippen molar-refractivity contribution in [2.75, 3.05) is 20.1 Å². The Morgan fingerprint density at radius 1 is 1.23 bits per heavy atom. The highest BCUT2D eigenvalue weighted by molar-refractivity contribution is 6.09. The fourth-order valence-electron chi connectivity index (χ4n) is 3.02. The van der Waals surface area contributed by atoms with Gasteiger partial charge in [-0.15, -0.1) is 0 Å². The van der Waals surface area contributed by atoms with E-state index < -0.39 is 42.1 Å². The number of halogens is 2. The van der Waals surface area contributed by atoms with Gasteiger partial charge >= 0.3 is 12.6 Å². The highest BCUT2D eigenvalue weighted by atomic mass is 19.3. The van der Waals surface area contributed by atoms with Crippen LogP contribution in [0.2, 0.25) is 0 Å². The summed E-state index contributed by atoms with van der Waals surface area (Å²) >= 11 is 0. The number of alkyl halides is 2. The number of rotatable bonds is 7. The molecule has 11 heteroatoms. The zero-order valence-corrected chi connectivity index (χ0v) is 18.0. The molecule has 1 atom stereocenters. The SMILES string of the molecule is CN(CC(=O)NC(C)(C)C)C(=O)CN1C(=O)NC(C)(c2ccc(OC(F)F)cc2)C1=O. The maximum absolute atomic E-state index is 12.9. The van der Waals surface area contributed by atoms with Gasteiger partial charge in [-0.1, -0.05) is 12.1 Å². The molecule has 1 aromatic rings. The van der Waals surface area contributed by atoms with Crippen molar-refractivity contribution in [2.45, 2.75) is 45.4 Å². The van der Waals surface area contributed by atoms with Gasteiger partial charge in [0, 0.05) is 12.6 Å². The Hall–Kier alpha value is -3.24. The lowest BCUT2D eigenvalue weighted by molar-refractivity contribution is -0.139. The third kappa shape index (κ3) is 5.89. The van der Waals surface area contributed by atoms with Crippen molar-refractivity contribution in [3.05, 3.63) is 29.8 Å². The highest BCUT2D eigenvalue weighted by Gasteiger charge is 2.49. The number of carbonyl (C=O) groups is 4. The van der Waals surface area contributed by atoms with E-state index in [0.717, 1.165) is 9.80 Å². The molecule has 5 amide bonds. The predicted octanol–water partition coefficient (Wildman–Crippen LogP) is 1.43. The number of imide groups is 1. The van der Waals surface area contributed by atoms with Crippen molar-refractivity contribution in [2.24, 2.45) is 0 Å². The topological polar surface area (TPSA) is 108 Å². The summed E-state index contributed by atoms with van der Waals surface area (Å²) in [7, 11) is 1.39. The van der Waals surface area contributed by atoms with Crippen LogP contribution >= 0.6 is 0 Å². The Bertz CT molecular complexity index is 869. The standard InChI is InChI=1S/C20H26F2N4O5/c1-19(2,3)23-14(27)10-25(5)15(28)11-26-16(29)20(4,24-18(26)30)12-6-8-13(9-7-12)31-17(21)22/h6-9,17H,10-11H2,1-5H3,(H,23,27)(H,24,30). The van der Waals surface area contributed by atoms with E-state index in [9.17, 15) is 28.0 Å². The van der Waals surface area contributed by atoms with Gasteiger partial charge in [0.25, 0.3) is 5.91 Å². The van der Waals surface area contributed by atoms with Crippen LogP contribution in [-0.4, -0.2) is 65.8 Å². The summed E-state index contributed by atoms with van der Waals surface area (Å²) in [6.07, 6.45) is 0. The second-order valence-electron chi connectivity index (χ2n) is 8.40. The molecule has 170 valence electrons. The van der Waals surface area contributed by atoms with Crippen molar-refractivity contribution < 1.29 is 32.7 Å². The Kier molecular flexibility index (Phi) is 6.87. The second-order valence-corrected chi connectivity index (χ2v) is 8.40. The molecule has 1 aliphatic heterocycles. The molecule has 1 saturated heterocycles. The molecule has 1 heterocycles. The first-order valence-electron chi connectivity index (χ1n) is 9.47. The van der Waals surface area contributed by atoms with Crippen molar-refractivity contribution in [3.63, 3.8) is 0 Å². The van der Waals surface area contributed by atoms with Gasteiger partial charge in [-0.3, -0.25) is 19.3 Å². The van der Waals surface area contributed by atoms with Crippen LogP contribution in [-0.2, 0) is 19.9 Å². The van der Waals surface area contributed by atoms with E-state index in [-0.39, 0.29) is 18.2 Å². The Labute approximate surface area is 178 Å². The molecule has 0 saturated carbocycles. The summed E-state index contributed by atoms with van der Waals surface area (Å²) in [5, 5.41) is 5.24. The Morgan fingerprint density at radius 2 is 1.81 bits per heavy atom. The summed E-state index contributed by atoms with van der Waals surface area (Å²) in [6, 6.07) is 4.48. The fraction of sp³-hybridized carbons (Fsp3) is 0.500. The van der Waals surface area contributed by atoms with Gasteiger partial charge in [0.2, 0.25) is 11.8 Å². The van der Waals surface area contributed by atoms with Gasteiger partial charge in [0.05, 0.1) is 6.54 Å². The molecule has 9 nitrogen and oxygen atoms in total. The quantitative estimate of drug-likeness (QED) is 0.624. The minimum absolute atomic E-state index is 0.0960. The lowest BCUT2D eigenvalue weighted by atomic mass is 9.92. The maximum Gasteiger partial charge on any atom is 0.387 e. The van der Waals surface area contributed by atoms with Gasteiger partial charge in [-0.05, 0) is 45.4 Å². The molecule has 0 spiro atoms. The normalized spacial score (nSPS) is 18.8. The Morgan fingerprint density at radius 3 is 2.32 bits per heavy atom. The zero-order chi connectivity index (χ0) is 23.6. The van der Waals surface area contributed by atoms with Gasteiger partial charge < -0.3 is 20.3 Å². The zero-order valence-electron chi connectivity index (χ0n) is 18.0. The van der Waals surface area contributed by atoms with Crippen LogP contribution < -0.4 is 15.4 Å². The average Bonchev–Trinajstić information content (AvgIpc) is 2.84. The third-order valence-corrected chi connectivity index (χ3v) is 4.55. The van der Waals surface area contributed by atoms with E-state index in [4.69, 9.17) is 0 Å². The van der Waals surface area contributed by atoms with Crippen LogP contribution in [0.1, 0.15) is 33.3 Å². The molecular weight excluding hydrogens is 414 g/mol. The smallest absolute Gasteiger partial charge is 0.387 e. The number of benzene rings is 1. The van der Waals surface area contributed by atoms with E-state index in [0.29, 0.717) is 5.56 Å². The first-order chi connectivity index (χ1) is 14.2. The molecule has 0 aromatic heterocycles. The monoisotopic (exact) mass is 440 g/mol. The summed E-state index contributed by atoms with van der Waals surface area (Å²) in [5.41, 5.74) is -1.62. The number of hydrogen-bond acceptors (Lipinski definition) is 5. The van der Waals surface area contributed by atoms with Crippen LogP contribution in [0.3, 0.4) is 0 Å². The number of amides is 5. The van der Waals surface area contributed by atoms with Gasteiger partial charge in [0.15, 0.2) is 0 Å². The van der Waals surface area contributed by atoms with Gasteiger partial charge in [-0.2, -0.15) is 8.78 Å². The molecule has 1 aromatic carbocycles. The van der Waals surface area contributed by atoms with Crippen LogP contribution in [0.5, 0.6) is 5.75 Å². The number of likely N-dealkylation sites (N-methyl/N-ethyl adjacent to an activating group) is 1. The molecular formula is C20H26F2N4O5. The fourth-order valence-corrected chi connectivity index (χ4v) is 3.02. The van der Waals surface area contributed by atoms with Crippen LogP contribution in [0.25, 0.3) is 0 Å². The average molecular weight is 440 g/mol. The predicted molar refractivity (Wildman–Crippen MR) is 106 cm³/mol. The molecule has 0 aliphatic carbocycles. The molecule has 0 bridgehead atoms. The lowest BCUT2D eigenvalue weighted by Crippen LogP contribution is -2.48. The minimum atomic E-state index is -2.99. The maximum atomic E-state index is 12.9. The van der Waals surface area contributed by atoms with Crippen LogP contribution in [0.4, 0.5) is 13.6 Å². The summed E-state index contributed by atoms with van der Waals surface area (Å²) < 4.78 is 28.9. The van der Waals surface area contributed by atoms with E-state index in [1.54, 1.807) is 20.8 Å². The lowest BCUT2D eigenvalue weighted by Gasteiger charge is -2.25. The van der Waals surface area contributed by atoms with E-state index >= 15 is 0 Å². The van der Waals surface area contributed by atoms with Gasteiger partial charge in [0.1, 0.15) is 17.8 Å². The van der Waals surface area contributed by atoms with Crippen molar-refractivity contribution in [3.8, 4) is 5.75 Å². The first-order valence-corrected chi connectivity index (χ1v) is 9.47. The first kappa shape index (κ1) is 24.0. The number of hydrogen-bond donors (Lipinski definition) is 2. The molecule has 0 radical (unpaired) electrons.